The molecule has 4 rings (SSSR count). The van der Waals surface area contributed by atoms with Crippen molar-refractivity contribution in [2.75, 3.05) is 41.7 Å². The van der Waals surface area contributed by atoms with E-state index in [0.717, 1.165) is 0 Å². The van der Waals surface area contributed by atoms with Crippen LogP contribution in [0.1, 0.15) is 37.9 Å². The van der Waals surface area contributed by atoms with Crippen molar-refractivity contribution in [1.82, 2.24) is 4.57 Å². The first kappa shape index (κ1) is 28.8. The van der Waals surface area contributed by atoms with Gasteiger partial charge in [0.25, 0.3) is 5.56 Å². The van der Waals surface area contributed by atoms with Gasteiger partial charge in [0.1, 0.15) is 0 Å². The third-order valence-corrected chi connectivity index (χ3v) is 7.29. The number of allylic oxidation sites excluding steroid dienone is 1. The third kappa shape index (κ3) is 5.29. The largest absolute Gasteiger partial charge is 0.493 e. The van der Waals surface area contributed by atoms with E-state index in [2.05, 4.69) is 4.99 Å². The van der Waals surface area contributed by atoms with Crippen molar-refractivity contribution >= 4 is 23.4 Å². The van der Waals surface area contributed by atoms with Crippen LogP contribution in [-0.4, -0.2) is 52.2 Å². The number of aromatic nitrogens is 1. The molecule has 1 atom stereocenters. The Labute approximate surface area is 235 Å². The predicted octanol–water partition coefficient (Wildman–Crippen LogP) is 3.23. The van der Waals surface area contributed by atoms with Crippen molar-refractivity contribution in [3.8, 4) is 28.7 Å². The summed E-state index contributed by atoms with van der Waals surface area (Å²) in [5.74, 6) is 1.86. The number of hydrogen-bond acceptors (Lipinski definition) is 10. The lowest BCUT2D eigenvalue weighted by atomic mass is 9.95. The van der Waals surface area contributed by atoms with Crippen LogP contribution < -0.4 is 38.6 Å². The molecule has 1 aliphatic heterocycles. The summed E-state index contributed by atoms with van der Waals surface area (Å²) in [6, 6.07) is 8.06. The molecule has 0 amide bonds. The Hall–Kier alpha value is -4.25. The van der Waals surface area contributed by atoms with E-state index in [4.69, 9.17) is 28.4 Å². The first-order valence-corrected chi connectivity index (χ1v) is 13.4. The van der Waals surface area contributed by atoms with E-state index >= 15 is 0 Å². The number of benzene rings is 2. The van der Waals surface area contributed by atoms with Crippen LogP contribution in [0.25, 0.3) is 6.08 Å². The molecule has 40 heavy (non-hydrogen) atoms. The Morgan fingerprint density at radius 3 is 2.20 bits per heavy atom. The van der Waals surface area contributed by atoms with E-state index in [9.17, 15) is 9.59 Å². The Morgan fingerprint density at radius 1 is 0.950 bits per heavy atom. The minimum atomic E-state index is -0.790. The molecule has 1 unspecified atom stereocenters. The Morgan fingerprint density at radius 2 is 1.62 bits per heavy atom. The highest BCUT2D eigenvalue weighted by molar-refractivity contribution is 7.07. The molecule has 0 saturated carbocycles. The first-order valence-electron chi connectivity index (χ1n) is 12.6. The van der Waals surface area contributed by atoms with E-state index in [1.807, 2.05) is 13.0 Å². The second-order valence-electron chi connectivity index (χ2n) is 8.60. The number of rotatable bonds is 10. The normalized spacial score (nSPS) is 14.8. The lowest BCUT2D eigenvalue weighted by Crippen LogP contribution is -2.40. The van der Waals surface area contributed by atoms with E-state index in [0.29, 0.717) is 61.5 Å². The fourth-order valence-corrected chi connectivity index (χ4v) is 5.62. The molecule has 0 spiro atoms. The van der Waals surface area contributed by atoms with Gasteiger partial charge in [0.2, 0.25) is 5.75 Å². The van der Waals surface area contributed by atoms with Crippen molar-refractivity contribution in [1.29, 1.82) is 0 Å². The Kier molecular flexibility index (Phi) is 8.83. The highest BCUT2D eigenvalue weighted by Gasteiger charge is 2.34. The minimum absolute atomic E-state index is 0.181. The summed E-state index contributed by atoms with van der Waals surface area (Å²) in [7, 11) is 6.12. The molecule has 3 aromatic rings. The van der Waals surface area contributed by atoms with Crippen LogP contribution in [-0.2, 0) is 9.53 Å². The van der Waals surface area contributed by atoms with E-state index in [1.54, 1.807) is 44.2 Å². The molecule has 2 heterocycles. The van der Waals surface area contributed by atoms with Crippen LogP contribution in [0.3, 0.4) is 0 Å². The molecule has 0 radical (unpaired) electrons. The number of esters is 1. The molecule has 0 saturated heterocycles. The maximum atomic E-state index is 14.0. The lowest BCUT2D eigenvalue weighted by molar-refractivity contribution is -0.139. The van der Waals surface area contributed by atoms with Gasteiger partial charge in [-0.15, -0.1) is 0 Å². The number of fused-ring (bicyclic) bond motifs is 1. The van der Waals surface area contributed by atoms with Crippen LogP contribution in [0.5, 0.6) is 28.7 Å². The van der Waals surface area contributed by atoms with Crippen molar-refractivity contribution in [3.63, 3.8) is 0 Å². The number of methoxy groups -OCH3 is 4. The first-order chi connectivity index (χ1) is 19.3. The van der Waals surface area contributed by atoms with Gasteiger partial charge in [0, 0.05) is 0 Å². The maximum Gasteiger partial charge on any atom is 0.338 e. The van der Waals surface area contributed by atoms with Gasteiger partial charge in [-0.3, -0.25) is 9.36 Å². The second-order valence-corrected chi connectivity index (χ2v) is 9.61. The molecule has 212 valence electrons. The zero-order chi connectivity index (χ0) is 29.0. The average molecular weight is 569 g/mol. The number of carbonyl (C=O) groups excluding carboxylic acids is 1. The summed E-state index contributed by atoms with van der Waals surface area (Å²) >= 11 is 1.22. The minimum Gasteiger partial charge on any atom is -0.493 e. The van der Waals surface area contributed by atoms with E-state index in [1.165, 1.54) is 44.3 Å². The molecule has 0 fully saturated rings. The molecule has 1 aromatic heterocycles. The molecule has 10 nitrogen and oxygen atoms in total. The Balaban J connectivity index is 1.96. The monoisotopic (exact) mass is 568 g/mol. The highest BCUT2D eigenvalue weighted by Crippen LogP contribution is 2.39. The van der Waals surface area contributed by atoms with E-state index in [-0.39, 0.29) is 17.7 Å². The van der Waals surface area contributed by atoms with Gasteiger partial charge in [-0.05, 0) is 62.2 Å². The number of carbonyl (C=O) groups is 1. The molecular formula is C29H32N2O8S. The smallest absolute Gasteiger partial charge is 0.338 e. The standard InChI is InChI=1S/C29H32N2O8S/c1-8-38-19-11-10-18(15-20(19)34-4)25-24(28(33)39-9-2)16(3)30-29-31(25)27(32)23(40-29)14-17-12-21(35-5)26(37-7)22(13-17)36-6/h10-15,25H,8-9H2,1-7H3/b23-14-. The topological polar surface area (TPSA) is 107 Å². The Bertz CT molecular complexity index is 1610. The zero-order valence-electron chi connectivity index (χ0n) is 23.5. The number of ether oxygens (including phenoxy) is 6. The molecule has 1 aliphatic rings. The summed E-state index contributed by atoms with van der Waals surface area (Å²) in [5.41, 5.74) is 1.75. The number of hydrogen-bond donors (Lipinski definition) is 0. The molecule has 11 heteroatoms. The summed E-state index contributed by atoms with van der Waals surface area (Å²) in [5, 5.41) is 0. The van der Waals surface area contributed by atoms with Crippen LogP contribution >= 0.6 is 11.3 Å². The van der Waals surface area contributed by atoms with Crippen LogP contribution in [0, 0.1) is 0 Å². The summed E-state index contributed by atoms with van der Waals surface area (Å²) in [4.78, 5) is 32.2. The van der Waals surface area contributed by atoms with Crippen molar-refractivity contribution in [3.05, 3.63) is 72.4 Å². The van der Waals surface area contributed by atoms with E-state index < -0.39 is 12.0 Å². The summed E-state index contributed by atoms with van der Waals surface area (Å²) < 4.78 is 34.9. The van der Waals surface area contributed by atoms with Crippen molar-refractivity contribution < 1.29 is 33.2 Å². The fourth-order valence-electron chi connectivity index (χ4n) is 4.57. The third-order valence-electron chi connectivity index (χ3n) is 6.31. The molecular weight excluding hydrogens is 536 g/mol. The van der Waals surface area contributed by atoms with Crippen molar-refractivity contribution in [2.45, 2.75) is 26.8 Å². The second kappa shape index (κ2) is 12.3. The molecule has 0 N–H and O–H groups in total. The fraction of sp³-hybridized carbons (Fsp3) is 0.345. The summed E-state index contributed by atoms with van der Waals surface area (Å²) in [6.45, 7) is 5.99. The molecule has 0 bridgehead atoms. The lowest BCUT2D eigenvalue weighted by Gasteiger charge is -2.25. The summed E-state index contributed by atoms with van der Waals surface area (Å²) in [6.07, 6.45) is 1.73. The van der Waals surface area contributed by atoms with Gasteiger partial charge in [0.15, 0.2) is 27.8 Å². The average Bonchev–Trinajstić information content (AvgIpc) is 3.25. The van der Waals surface area contributed by atoms with Gasteiger partial charge in [-0.25, -0.2) is 9.79 Å². The quantitative estimate of drug-likeness (QED) is 0.343. The van der Waals surface area contributed by atoms with Crippen LogP contribution in [0.4, 0.5) is 0 Å². The van der Waals surface area contributed by atoms with Gasteiger partial charge in [-0.2, -0.15) is 0 Å². The maximum absolute atomic E-state index is 14.0. The number of nitrogens with zero attached hydrogens (tertiary/aromatic N) is 2. The SMILES string of the molecule is CCOC(=O)C1=C(C)N=c2s/c(=C\c3cc(OC)c(OC)c(OC)c3)c(=O)n2C1c1ccc(OCC)c(OC)c1. The van der Waals surface area contributed by atoms with Gasteiger partial charge in [-0.1, -0.05) is 17.4 Å². The van der Waals surface area contributed by atoms with Gasteiger partial charge < -0.3 is 28.4 Å². The van der Waals surface area contributed by atoms with Crippen LogP contribution in [0.15, 0.2) is 51.4 Å². The molecule has 0 aliphatic carbocycles. The van der Waals surface area contributed by atoms with Crippen molar-refractivity contribution in [2.24, 2.45) is 4.99 Å². The zero-order valence-corrected chi connectivity index (χ0v) is 24.3. The van der Waals surface area contributed by atoms with Crippen LogP contribution in [0.2, 0.25) is 0 Å². The van der Waals surface area contributed by atoms with Gasteiger partial charge in [0.05, 0.1) is 63.5 Å². The predicted molar refractivity (Wildman–Crippen MR) is 151 cm³/mol. The number of thiazole rings is 1. The van der Waals surface area contributed by atoms with Gasteiger partial charge >= 0.3 is 5.97 Å². The highest BCUT2D eigenvalue weighted by atomic mass is 32.1. The molecule has 2 aromatic carbocycles.